The maximum atomic E-state index is 9.77. The van der Waals surface area contributed by atoms with Crippen LogP contribution in [0.1, 0.15) is 44.7 Å². The van der Waals surface area contributed by atoms with Gasteiger partial charge in [-0.2, -0.15) is 0 Å². The molecule has 0 saturated heterocycles. The molecule has 0 heterocycles. The van der Waals surface area contributed by atoms with Crippen molar-refractivity contribution in [3.8, 4) is 0 Å². The van der Waals surface area contributed by atoms with Crippen molar-refractivity contribution < 1.29 is 9.84 Å². The fourth-order valence-corrected chi connectivity index (χ4v) is 2.07. The number of aliphatic hydroxyl groups is 1. The van der Waals surface area contributed by atoms with Gasteiger partial charge in [0, 0.05) is 13.2 Å². The van der Waals surface area contributed by atoms with Gasteiger partial charge in [0.05, 0.1) is 12.7 Å². The number of hydrogen-bond donors (Lipinski definition) is 2. The fourth-order valence-electron chi connectivity index (χ4n) is 2.07. The van der Waals surface area contributed by atoms with Crippen LogP contribution in [0.5, 0.6) is 0 Å². The van der Waals surface area contributed by atoms with Crippen molar-refractivity contribution in [3.63, 3.8) is 0 Å². The Hall–Kier alpha value is -0.900. The average molecular weight is 293 g/mol. The summed E-state index contributed by atoms with van der Waals surface area (Å²) in [5.41, 5.74) is 2.71. The summed E-state index contributed by atoms with van der Waals surface area (Å²) in [6.07, 6.45) is 0.560. The van der Waals surface area contributed by atoms with Crippen LogP contribution in [0.3, 0.4) is 0 Å². The number of nitrogens with one attached hydrogen (secondary N) is 1. The minimum atomic E-state index is -0.424. The van der Waals surface area contributed by atoms with E-state index in [-0.39, 0.29) is 0 Å². The molecular weight excluding hydrogens is 262 g/mol. The highest BCUT2D eigenvalue weighted by atomic mass is 16.5. The molecule has 0 aromatic heterocycles. The third-order valence-corrected chi connectivity index (χ3v) is 3.38. The van der Waals surface area contributed by atoms with Crippen LogP contribution in [-0.2, 0) is 11.2 Å². The SMILES string of the molecule is CC(C)COCC(O)CNCCc1ccc(C(C)C)cc1. The average Bonchev–Trinajstić information content (AvgIpc) is 2.43. The lowest BCUT2D eigenvalue weighted by Gasteiger charge is -2.13. The van der Waals surface area contributed by atoms with Gasteiger partial charge >= 0.3 is 0 Å². The minimum Gasteiger partial charge on any atom is -0.389 e. The lowest BCUT2D eigenvalue weighted by atomic mass is 10.0. The van der Waals surface area contributed by atoms with Crippen LogP contribution in [0.4, 0.5) is 0 Å². The fraction of sp³-hybridized carbons (Fsp3) is 0.667. The van der Waals surface area contributed by atoms with Crippen molar-refractivity contribution in [2.45, 2.75) is 46.1 Å². The van der Waals surface area contributed by atoms with Crippen LogP contribution in [0.25, 0.3) is 0 Å². The van der Waals surface area contributed by atoms with Crippen molar-refractivity contribution in [2.75, 3.05) is 26.3 Å². The summed E-state index contributed by atoms with van der Waals surface area (Å²) in [5, 5.41) is 13.0. The number of rotatable bonds is 10. The van der Waals surface area contributed by atoms with E-state index in [1.165, 1.54) is 11.1 Å². The highest BCUT2D eigenvalue weighted by Gasteiger charge is 2.04. The van der Waals surface area contributed by atoms with Gasteiger partial charge in [-0.25, -0.2) is 0 Å². The molecular formula is C18H31NO2. The van der Waals surface area contributed by atoms with Crippen molar-refractivity contribution in [1.29, 1.82) is 0 Å². The lowest BCUT2D eigenvalue weighted by Crippen LogP contribution is -2.32. The van der Waals surface area contributed by atoms with Gasteiger partial charge in [0.2, 0.25) is 0 Å². The summed E-state index contributed by atoms with van der Waals surface area (Å²) >= 11 is 0. The first kappa shape index (κ1) is 18.1. The smallest absolute Gasteiger partial charge is 0.0897 e. The topological polar surface area (TPSA) is 41.5 Å². The quantitative estimate of drug-likeness (QED) is 0.652. The third kappa shape index (κ3) is 8.20. The van der Waals surface area contributed by atoms with Crippen molar-refractivity contribution >= 4 is 0 Å². The van der Waals surface area contributed by atoms with E-state index in [1.54, 1.807) is 0 Å². The van der Waals surface area contributed by atoms with Crippen LogP contribution in [-0.4, -0.2) is 37.5 Å². The molecule has 1 rings (SSSR count). The first-order valence-corrected chi connectivity index (χ1v) is 8.04. The predicted molar refractivity (Wildman–Crippen MR) is 88.8 cm³/mol. The largest absolute Gasteiger partial charge is 0.389 e. The molecule has 3 nitrogen and oxygen atoms in total. The molecule has 120 valence electrons. The number of hydrogen-bond acceptors (Lipinski definition) is 3. The molecule has 1 aromatic carbocycles. The molecule has 0 aliphatic carbocycles. The minimum absolute atomic E-state index is 0.411. The molecule has 0 aliphatic heterocycles. The van der Waals surface area contributed by atoms with E-state index in [2.05, 4.69) is 57.3 Å². The van der Waals surface area contributed by atoms with Crippen LogP contribution >= 0.6 is 0 Å². The van der Waals surface area contributed by atoms with Gasteiger partial charge in [-0.15, -0.1) is 0 Å². The summed E-state index contributed by atoms with van der Waals surface area (Å²) in [5.74, 6) is 1.09. The van der Waals surface area contributed by atoms with Gasteiger partial charge in [0.25, 0.3) is 0 Å². The van der Waals surface area contributed by atoms with Crippen molar-refractivity contribution in [2.24, 2.45) is 5.92 Å². The lowest BCUT2D eigenvalue weighted by molar-refractivity contribution is 0.0263. The third-order valence-electron chi connectivity index (χ3n) is 3.38. The molecule has 0 radical (unpaired) electrons. The Kier molecular flexibility index (Phi) is 8.58. The Bertz CT molecular complexity index is 373. The van der Waals surface area contributed by atoms with Gasteiger partial charge in [0.15, 0.2) is 0 Å². The standard InChI is InChI=1S/C18H31NO2/c1-14(2)12-21-13-18(20)11-19-10-9-16-5-7-17(8-6-16)15(3)4/h5-8,14-15,18-20H,9-13H2,1-4H3. The Morgan fingerprint density at radius 1 is 1.05 bits per heavy atom. The van der Waals surface area contributed by atoms with E-state index < -0.39 is 6.10 Å². The van der Waals surface area contributed by atoms with E-state index >= 15 is 0 Å². The molecule has 0 bridgehead atoms. The zero-order valence-electron chi connectivity index (χ0n) is 13.9. The molecule has 0 aliphatic rings. The maximum Gasteiger partial charge on any atom is 0.0897 e. The van der Waals surface area contributed by atoms with Gasteiger partial charge in [-0.05, 0) is 35.9 Å². The van der Waals surface area contributed by atoms with Gasteiger partial charge in [-0.3, -0.25) is 0 Å². The van der Waals surface area contributed by atoms with Gasteiger partial charge in [0.1, 0.15) is 0 Å². The van der Waals surface area contributed by atoms with Crippen molar-refractivity contribution in [3.05, 3.63) is 35.4 Å². The second-order valence-electron chi connectivity index (χ2n) is 6.44. The second kappa shape index (κ2) is 9.93. The van der Waals surface area contributed by atoms with Gasteiger partial charge in [-0.1, -0.05) is 52.0 Å². The Morgan fingerprint density at radius 3 is 2.29 bits per heavy atom. The van der Waals surface area contributed by atoms with Crippen molar-refractivity contribution in [1.82, 2.24) is 5.32 Å². The monoisotopic (exact) mass is 293 g/mol. The summed E-state index contributed by atoms with van der Waals surface area (Å²) in [6, 6.07) is 8.79. The van der Waals surface area contributed by atoms with E-state index in [9.17, 15) is 5.11 Å². The molecule has 3 heteroatoms. The highest BCUT2D eigenvalue weighted by molar-refractivity contribution is 5.24. The Labute approximate surface area is 129 Å². The molecule has 0 amide bonds. The molecule has 1 atom stereocenters. The van der Waals surface area contributed by atoms with E-state index in [0.29, 0.717) is 31.6 Å². The normalized spacial score (nSPS) is 13.1. The van der Waals surface area contributed by atoms with Crippen LogP contribution in [0.15, 0.2) is 24.3 Å². The Balaban J connectivity index is 2.13. The number of aliphatic hydroxyl groups excluding tert-OH is 1. The predicted octanol–water partition coefficient (Wildman–Crippen LogP) is 2.98. The summed E-state index contributed by atoms with van der Waals surface area (Å²) < 4.78 is 5.42. The molecule has 1 aromatic rings. The maximum absolute atomic E-state index is 9.77. The van der Waals surface area contributed by atoms with E-state index in [4.69, 9.17) is 4.74 Å². The highest BCUT2D eigenvalue weighted by Crippen LogP contribution is 2.14. The summed E-state index contributed by atoms with van der Waals surface area (Å²) in [6.45, 7) is 11.2. The molecule has 0 spiro atoms. The van der Waals surface area contributed by atoms with E-state index in [0.717, 1.165) is 13.0 Å². The molecule has 2 N–H and O–H groups in total. The van der Waals surface area contributed by atoms with Crippen LogP contribution < -0.4 is 5.32 Å². The molecule has 0 saturated carbocycles. The summed E-state index contributed by atoms with van der Waals surface area (Å²) in [4.78, 5) is 0. The first-order chi connectivity index (χ1) is 9.99. The molecule has 0 fully saturated rings. The number of ether oxygens (including phenoxy) is 1. The van der Waals surface area contributed by atoms with Crippen LogP contribution in [0, 0.1) is 5.92 Å². The molecule has 21 heavy (non-hydrogen) atoms. The van der Waals surface area contributed by atoms with E-state index in [1.807, 2.05) is 0 Å². The molecule has 1 unspecified atom stereocenters. The Morgan fingerprint density at radius 2 is 1.71 bits per heavy atom. The number of benzene rings is 1. The summed E-state index contributed by atoms with van der Waals surface area (Å²) in [7, 11) is 0. The second-order valence-corrected chi connectivity index (χ2v) is 6.44. The first-order valence-electron chi connectivity index (χ1n) is 8.04. The zero-order valence-corrected chi connectivity index (χ0v) is 13.9. The zero-order chi connectivity index (χ0) is 15.7. The van der Waals surface area contributed by atoms with Crippen LogP contribution in [0.2, 0.25) is 0 Å². The van der Waals surface area contributed by atoms with Gasteiger partial charge < -0.3 is 15.2 Å².